The zero-order valence-corrected chi connectivity index (χ0v) is 17.0. The molecule has 0 saturated heterocycles. The predicted octanol–water partition coefficient (Wildman–Crippen LogP) is 3.69. The summed E-state index contributed by atoms with van der Waals surface area (Å²) in [5.74, 6) is -0.229. The van der Waals surface area contributed by atoms with Crippen LogP contribution in [-0.4, -0.2) is 39.1 Å². The van der Waals surface area contributed by atoms with Crippen molar-refractivity contribution in [2.75, 3.05) is 25.2 Å². The van der Waals surface area contributed by atoms with Gasteiger partial charge in [-0.05, 0) is 55.6 Å². The lowest BCUT2D eigenvalue weighted by Crippen LogP contribution is -2.35. The molecule has 0 spiro atoms. The van der Waals surface area contributed by atoms with E-state index in [1.165, 1.54) is 29.3 Å². The first-order chi connectivity index (χ1) is 12.8. The molecule has 0 aromatic heterocycles. The molecule has 0 heterocycles. The Hall–Kier alpha value is -1.89. The standard InChI is InChI=1S/C20H23ClN2O3S/c1-23(19-9-5-7-14-6-3-4-8-16(14)19)13-20(24)22-18-12-15(27(2,25)26)10-11-17(18)21/h3-4,6,8,10-12,19H,5,7,9,13H2,1-2H3,(H,22,24)/t19-/m1/s1. The summed E-state index contributed by atoms with van der Waals surface area (Å²) >= 11 is 6.12. The quantitative estimate of drug-likeness (QED) is 0.822. The molecule has 0 radical (unpaired) electrons. The fourth-order valence-corrected chi connectivity index (χ4v) is 4.36. The van der Waals surface area contributed by atoms with Gasteiger partial charge in [0.25, 0.3) is 0 Å². The fraction of sp³-hybridized carbons (Fsp3) is 0.350. The number of hydrogen-bond acceptors (Lipinski definition) is 4. The minimum atomic E-state index is -3.37. The van der Waals surface area contributed by atoms with E-state index in [1.54, 1.807) is 0 Å². The van der Waals surface area contributed by atoms with Crippen LogP contribution in [0.2, 0.25) is 5.02 Å². The third-order valence-corrected chi connectivity index (χ3v) is 6.34. The van der Waals surface area contributed by atoms with Crippen molar-refractivity contribution in [3.8, 4) is 0 Å². The first-order valence-electron chi connectivity index (χ1n) is 8.83. The van der Waals surface area contributed by atoms with Gasteiger partial charge >= 0.3 is 0 Å². The van der Waals surface area contributed by atoms with Crippen LogP contribution in [0.15, 0.2) is 47.4 Å². The zero-order chi connectivity index (χ0) is 19.6. The second-order valence-electron chi connectivity index (χ2n) is 6.98. The molecule has 0 aliphatic heterocycles. The molecule has 1 amide bonds. The maximum atomic E-state index is 12.5. The van der Waals surface area contributed by atoms with Crippen molar-refractivity contribution in [3.05, 3.63) is 58.6 Å². The van der Waals surface area contributed by atoms with Gasteiger partial charge in [0.15, 0.2) is 9.84 Å². The van der Waals surface area contributed by atoms with Gasteiger partial charge in [0.1, 0.15) is 0 Å². The van der Waals surface area contributed by atoms with Crippen LogP contribution in [-0.2, 0) is 21.1 Å². The third-order valence-electron chi connectivity index (χ3n) is 4.90. The number of hydrogen-bond donors (Lipinski definition) is 1. The van der Waals surface area contributed by atoms with E-state index in [9.17, 15) is 13.2 Å². The van der Waals surface area contributed by atoms with Crippen molar-refractivity contribution in [2.45, 2.75) is 30.2 Å². The SMILES string of the molecule is CN(CC(=O)Nc1cc(S(C)(=O)=O)ccc1Cl)[C@@H]1CCCc2ccccc21. The largest absolute Gasteiger partial charge is 0.324 e. The first kappa shape index (κ1) is 19.9. The van der Waals surface area contributed by atoms with Gasteiger partial charge in [0.2, 0.25) is 5.91 Å². The number of carbonyl (C=O) groups excluding carboxylic acids is 1. The number of rotatable bonds is 5. The number of sulfone groups is 1. The molecule has 0 saturated carbocycles. The number of nitrogens with one attached hydrogen (secondary N) is 1. The third kappa shape index (κ3) is 4.69. The molecule has 1 aliphatic carbocycles. The Labute approximate surface area is 165 Å². The van der Waals surface area contributed by atoms with Gasteiger partial charge in [-0.1, -0.05) is 35.9 Å². The van der Waals surface area contributed by atoms with E-state index in [2.05, 4.69) is 17.4 Å². The Kier molecular flexibility index (Phi) is 5.89. The predicted molar refractivity (Wildman–Crippen MR) is 108 cm³/mol. The highest BCUT2D eigenvalue weighted by Gasteiger charge is 2.24. The van der Waals surface area contributed by atoms with Gasteiger partial charge in [-0.3, -0.25) is 9.69 Å². The number of anilines is 1. The Morgan fingerprint density at radius 3 is 2.74 bits per heavy atom. The molecule has 27 heavy (non-hydrogen) atoms. The number of benzene rings is 2. The number of amides is 1. The average Bonchev–Trinajstić information content (AvgIpc) is 2.62. The van der Waals surface area contributed by atoms with Gasteiger partial charge in [-0.15, -0.1) is 0 Å². The molecular formula is C20H23ClN2O3S. The van der Waals surface area contributed by atoms with Gasteiger partial charge in [0, 0.05) is 12.3 Å². The molecule has 2 aromatic carbocycles. The monoisotopic (exact) mass is 406 g/mol. The highest BCUT2D eigenvalue weighted by Crippen LogP contribution is 2.33. The molecule has 0 bridgehead atoms. The normalized spacial score (nSPS) is 16.8. The van der Waals surface area contributed by atoms with Crippen molar-refractivity contribution in [3.63, 3.8) is 0 Å². The van der Waals surface area contributed by atoms with Crippen molar-refractivity contribution in [1.29, 1.82) is 0 Å². The van der Waals surface area contributed by atoms with Crippen molar-refractivity contribution < 1.29 is 13.2 Å². The Balaban J connectivity index is 1.72. The second-order valence-corrected chi connectivity index (χ2v) is 9.41. The molecule has 1 N–H and O–H groups in total. The minimum absolute atomic E-state index is 0.122. The number of aryl methyl sites for hydroxylation is 1. The van der Waals surface area contributed by atoms with Gasteiger partial charge < -0.3 is 5.32 Å². The van der Waals surface area contributed by atoms with Gasteiger partial charge in [-0.25, -0.2) is 8.42 Å². The summed E-state index contributed by atoms with van der Waals surface area (Å²) in [7, 11) is -1.44. The van der Waals surface area contributed by atoms with E-state index in [0.29, 0.717) is 10.7 Å². The molecule has 7 heteroatoms. The molecule has 0 fully saturated rings. The molecule has 1 aliphatic rings. The van der Waals surface area contributed by atoms with E-state index < -0.39 is 9.84 Å². The van der Waals surface area contributed by atoms with E-state index in [0.717, 1.165) is 25.5 Å². The molecule has 144 valence electrons. The van der Waals surface area contributed by atoms with E-state index in [4.69, 9.17) is 11.6 Å². The van der Waals surface area contributed by atoms with Crippen LogP contribution < -0.4 is 5.32 Å². The molecule has 1 atom stereocenters. The summed E-state index contributed by atoms with van der Waals surface area (Å²) < 4.78 is 23.4. The number of fused-ring (bicyclic) bond motifs is 1. The Bertz CT molecular complexity index is 959. The van der Waals surface area contributed by atoms with E-state index in [1.807, 2.05) is 24.1 Å². The van der Waals surface area contributed by atoms with Gasteiger partial charge in [-0.2, -0.15) is 0 Å². The summed E-state index contributed by atoms with van der Waals surface area (Å²) in [6.07, 6.45) is 4.29. The van der Waals surface area contributed by atoms with Crippen LogP contribution in [0.1, 0.15) is 30.0 Å². The molecule has 0 unspecified atom stereocenters. The van der Waals surface area contributed by atoms with Crippen LogP contribution in [0.25, 0.3) is 0 Å². The number of carbonyl (C=O) groups is 1. The smallest absolute Gasteiger partial charge is 0.238 e. The lowest BCUT2D eigenvalue weighted by Gasteiger charge is -2.32. The summed E-state index contributed by atoms with van der Waals surface area (Å²) in [5, 5.41) is 3.05. The summed E-state index contributed by atoms with van der Waals surface area (Å²) in [6, 6.07) is 12.8. The van der Waals surface area contributed by atoms with Crippen molar-refractivity contribution >= 4 is 33.0 Å². The molecule has 5 nitrogen and oxygen atoms in total. The minimum Gasteiger partial charge on any atom is -0.324 e. The van der Waals surface area contributed by atoms with Crippen LogP contribution in [0.3, 0.4) is 0 Å². The topological polar surface area (TPSA) is 66.5 Å². The average molecular weight is 407 g/mol. The van der Waals surface area contributed by atoms with E-state index in [-0.39, 0.29) is 23.4 Å². The lowest BCUT2D eigenvalue weighted by atomic mass is 9.87. The van der Waals surface area contributed by atoms with Crippen LogP contribution in [0.5, 0.6) is 0 Å². The first-order valence-corrected chi connectivity index (χ1v) is 11.1. The summed E-state index contributed by atoms with van der Waals surface area (Å²) in [4.78, 5) is 14.7. The number of nitrogens with zero attached hydrogens (tertiary/aromatic N) is 1. The van der Waals surface area contributed by atoms with Crippen LogP contribution in [0, 0.1) is 0 Å². The zero-order valence-electron chi connectivity index (χ0n) is 15.4. The highest BCUT2D eigenvalue weighted by atomic mass is 35.5. The highest BCUT2D eigenvalue weighted by molar-refractivity contribution is 7.90. The van der Waals surface area contributed by atoms with Crippen molar-refractivity contribution in [2.24, 2.45) is 0 Å². The molecular weight excluding hydrogens is 384 g/mol. The van der Waals surface area contributed by atoms with Gasteiger partial charge in [0.05, 0.1) is 22.2 Å². The lowest BCUT2D eigenvalue weighted by molar-refractivity contribution is -0.117. The maximum absolute atomic E-state index is 12.5. The fourth-order valence-electron chi connectivity index (χ4n) is 3.54. The summed E-state index contributed by atoms with van der Waals surface area (Å²) in [5.41, 5.74) is 2.92. The maximum Gasteiger partial charge on any atom is 0.238 e. The van der Waals surface area contributed by atoms with Crippen LogP contribution in [0.4, 0.5) is 5.69 Å². The van der Waals surface area contributed by atoms with E-state index >= 15 is 0 Å². The molecule has 2 aromatic rings. The Morgan fingerprint density at radius 1 is 1.26 bits per heavy atom. The second kappa shape index (κ2) is 8.00. The Morgan fingerprint density at radius 2 is 2.00 bits per heavy atom. The molecule has 3 rings (SSSR count). The number of halogens is 1. The number of likely N-dealkylation sites (N-methyl/N-ethyl adjacent to an activating group) is 1. The van der Waals surface area contributed by atoms with Crippen molar-refractivity contribution in [1.82, 2.24) is 4.90 Å². The van der Waals surface area contributed by atoms with Crippen LogP contribution >= 0.6 is 11.6 Å². The summed E-state index contributed by atoms with van der Waals surface area (Å²) in [6.45, 7) is 0.193.